The Balaban J connectivity index is 1.59. The number of benzene rings is 4. The van der Waals surface area contributed by atoms with E-state index in [0.29, 0.717) is 22.6 Å². The molecule has 0 aliphatic rings. The van der Waals surface area contributed by atoms with Crippen LogP contribution >= 0.6 is 0 Å². The van der Waals surface area contributed by atoms with E-state index in [-0.39, 0.29) is 0 Å². The molecule has 0 atom stereocenters. The van der Waals surface area contributed by atoms with Gasteiger partial charge in [0, 0.05) is 28.2 Å². The van der Waals surface area contributed by atoms with Crippen molar-refractivity contribution in [3.05, 3.63) is 127 Å². The highest BCUT2D eigenvalue weighted by Gasteiger charge is 2.14. The first kappa shape index (κ1) is 25.2. The zero-order valence-electron chi connectivity index (χ0n) is 20.8. The molecule has 0 amide bonds. The lowest BCUT2D eigenvalue weighted by Gasteiger charge is -2.25. The van der Waals surface area contributed by atoms with Crippen molar-refractivity contribution in [1.82, 2.24) is 0 Å². The Morgan fingerprint density at radius 2 is 0.892 bits per heavy atom. The van der Waals surface area contributed by atoms with E-state index < -0.39 is 11.9 Å². The lowest BCUT2D eigenvalue weighted by molar-refractivity contribution is -0.130. The average Bonchev–Trinajstić information content (AvgIpc) is 2.91. The minimum Gasteiger partial charge on any atom is -0.423 e. The van der Waals surface area contributed by atoms with Gasteiger partial charge in [-0.3, -0.25) is 0 Å². The third-order valence-electron chi connectivity index (χ3n) is 5.54. The van der Waals surface area contributed by atoms with E-state index >= 15 is 0 Å². The first-order valence-corrected chi connectivity index (χ1v) is 11.7. The molecule has 0 N–H and O–H groups in total. The molecule has 4 rings (SSSR count). The highest BCUT2D eigenvalue weighted by atomic mass is 16.5. The van der Waals surface area contributed by atoms with E-state index in [0.717, 1.165) is 28.2 Å². The summed E-state index contributed by atoms with van der Waals surface area (Å²) >= 11 is 0. The van der Waals surface area contributed by atoms with E-state index in [9.17, 15) is 9.59 Å². The number of ether oxygens (including phenoxy) is 2. The fourth-order valence-electron chi connectivity index (χ4n) is 3.59. The number of hydrogen-bond donors (Lipinski definition) is 0. The van der Waals surface area contributed by atoms with Crippen molar-refractivity contribution < 1.29 is 19.1 Å². The second-order valence-electron chi connectivity index (χ2n) is 8.58. The molecular weight excluding hydrogens is 462 g/mol. The summed E-state index contributed by atoms with van der Waals surface area (Å²) in [5.41, 5.74) is 5.59. The maximum Gasteiger partial charge on any atom is 0.338 e. The van der Waals surface area contributed by atoms with Gasteiger partial charge < -0.3 is 14.4 Å². The number of nitrogens with zero attached hydrogens (tertiary/aromatic N) is 1. The molecule has 0 aliphatic carbocycles. The van der Waals surface area contributed by atoms with Crippen LogP contribution in [-0.2, 0) is 9.59 Å². The molecule has 0 spiro atoms. The van der Waals surface area contributed by atoms with Gasteiger partial charge in [-0.15, -0.1) is 0 Å². The Morgan fingerprint density at radius 3 is 1.32 bits per heavy atom. The minimum absolute atomic E-state index is 0.345. The van der Waals surface area contributed by atoms with Crippen molar-refractivity contribution in [2.75, 3.05) is 4.90 Å². The Morgan fingerprint density at radius 1 is 0.541 bits per heavy atom. The van der Waals surface area contributed by atoms with Crippen molar-refractivity contribution in [1.29, 1.82) is 0 Å². The summed E-state index contributed by atoms with van der Waals surface area (Å²) in [4.78, 5) is 25.7. The summed E-state index contributed by atoms with van der Waals surface area (Å²) in [6.07, 6.45) is 0. The lowest BCUT2D eigenvalue weighted by Crippen LogP contribution is -2.11. The van der Waals surface area contributed by atoms with E-state index in [1.54, 1.807) is 38.1 Å². The molecule has 0 fully saturated rings. The Labute approximate surface area is 216 Å². The van der Waals surface area contributed by atoms with Crippen LogP contribution in [0.15, 0.2) is 127 Å². The van der Waals surface area contributed by atoms with Crippen LogP contribution in [0.5, 0.6) is 11.5 Å². The van der Waals surface area contributed by atoms with Crippen LogP contribution in [0.4, 0.5) is 17.1 Å². The number of rotatable bonds is 8. The summed E-state index contributed by atoms with van der Waals surface area (Å²) in [5, 5.41) is 0. The number of carbonyl (C=O) groups is 2. The van der Waals surface area contributed by atoms with Gasteiger partial charge in [0.05, 0.1) is 0 Å². The Bertz CT molecular complexity index is 1420. The average molecular weight is 490 g/mol. The molecular formula is C32H27NO4. The number of anilines is 3. The van der Waals surface area contributed by atoms with Gasteiger partial charge in [0.2, 0.25) is 0 Å². The molecule has 0 saturated heterocycles. The summed E-state index contributed by atoms with van der Waals surface area (Å²) < 4.78 is 10.6. The van der Waals surface area contributed by atoms with E-state index in [1.165, 1.54) is 0 Å². The van der Waals surface area contributed by atoms with Crippen LogP contribution in [0, 0.1) is 0 Å². The molecule has 0 bridgehead atoms. The predicted octanol–water partition coefficient (Wildman–Crippen LogP) is 7.79. The van der Waals surface area contributed by atoms with Gasteiger partial charge in [-0.1, -0.05) is 55.6 Å². The van der Waals surface area contributed by atoms with Gasteiger partial charge in [-0.05, 0) is 85.6 Å². The maximum atomic E-state index is 11.9. The van der Waals surface area contributed by atoms with Crippen molar-refractivity contribution in [2.45, 2.75) is 13.8 Å². The summed E-state index contributed by atoms with van der Waals surface area (Å²) in [6, 6.07) is 32.9. The normalized spacial score (nSPS) is 10.3. The highest BCUT2D eigenvalue weighted by molar-refractivity contribution is 5.89. The summed E-state index contributed by atoms with van der Waals surface area (Å²) in [6.45, 7) is 10.5. The van der Waals surface area contributed by atoms with Crippen LogP contribution in [0.25, 0.3) is 11.1 Å². The maximum absolute atomic E-state index is 11.9. The van der Waals surface area contributed by atoms with Crippen molar-refractivity contribution in [3.63, 3.8) is 0 Å². The van der Waals surface area contributed by atoms with E-state index in [4.69, 9.17) is 9.47 Å². The standard InChI is InChI=1S/C32H27NO4/c1-22(2)31(34)36-29-18-12-25(13-19-29)24-10-14-27(15-11-24)33(26-8-6-5-7-9-26)28-16-20-30(21-17-28)37-32(35)23(3)4/h5-21H,1,3H2,2,4H3. The first-order valence-electron chi connectivity index (χ1n) is 11.7. The quantitative estimate of drug-likeness (QED) is 0.144. The molecule has 0 saturated carbocycles. The second-order valence-corrected chi connectivity index (χ2v) is 8.58. The lowest BCUT2D eigenvalue weighted by atomic mass is 10.0. The summed E-state index contributed by atoms with van der Waals surface area (Å²) in [5.74, 6) is 0.0314. The molecule has 5 nitrogen and oxygen atoms in total. The predicted molar refractivity (Wildman–Crippen MR) is 147 cm³/mol. The fraction of sp³-hybridized carbons (Fsp3) is 0.0625. The Hall–Kier alpha value is -4.90. The van der Waals surface area contributed by atoms with Gasteiger partial charge in [0.15, 0.2) is 0 Å². The largest absolute Gasteiger partial charge is 0.423 e. The number of para-hydroxylation sites is 1. The zero-order chi connectivity index (χ0) is 26.4. The first-order chi connectivity index (χ1) is 17.8. The fourth-order valence-corrected chi connectivity index (χ4v) is 3.59. The molecule has 0 heterocycles. The molecule has 4 aromatic carbocycles. The molecule has 5 heteroatoms. The van der Waals surface area contributed by atoms with Gasteiger partial charge in [-0.2, -0.15) is 0 Å². The van der Waals surface area contributed by atoms with Crippen molar-refractivity contribution >= 4 is 29.0 Å². The van der Waals surface area contributed by atoms with Crippen molar-refractivity contribution in [3.8, 4) is 22.6 Å². The minimum atomic E-state index is -0.453. The molecule has 184 valence electrons. The number of esters is 2. The number of carbonyl (C=O) groups excluding carboxylic acids is 2. The van der Waals surface area contributed by atoms with Crippen LogP contribution in [-0.4, -0.2) is 11.9 Å². The summed E-state index contributed by atoms with van der Waals surface area (Å²) in [7, 11) is 0. The van der Waals surface area contributed by atoms with E-state index in [2.05, 4.69) is 18.1 Å². The molecule has 0 aromatic heterocycles. The van der Waals surface area contributed by atoms with Gasteiger partial charge >= 0.3 is 11.9 Å². The Kier molecular flexibility index (Phi) is 7.65. The van der Waals surface area contributed by atoms with Crippen LogP contribution in [0.3, 0.4) is 0 Å². The smallest absolute Gasteiger partial charge is 0.338 e. The molecule has 4 aromatic rings. The molecule has 0 aliphatic heterocycles. The third kappa shape index (κ3) is 6.21. The number of hydrogen-bond acceptors (Lipinski definition) is 5. The van der Waals surface area contributed by atoms with Gasteiger partial charge in [-0.25, -0.2) is 9.59 Å². The third-order valence-corrected chi connectivity index (χ3v) is 5.54. The SMILES string of the molecule is C=C(C)C(=O)Oc1ccc(-c2ccc(N(c3ccccc3)c3ccc(OC(=O)C(=C)C)cc3)cc2)cc1. The monoisotopic (exact) mass is 489 g/mol. The zero-order valence-corrected chi connectivity index (χ0v) is 20.8. The van der Waals surface area contributed by atoms with Gasteiger partial charge in [0.1, 0.15) is 11.5 Å². The molecule has 0 radical (unpaired) electrons. The van der Waals surface area contributed by atoms with Gasteiger partial charge in [0.25, 0.3) is 0 Å². The highest BCUT2D eigenvalue weighted by Crippen LogP contribution is 2.36. The molecule has 0 unspecified atom stereocenters. The van der Waals surface area contributed by atoms with Crippen LogP contribution in [0.1, 0.15) is 13.8 Å². The topological polar surface area (TPSA) is 55.8 Å². The van der Waals surface area contributed by atoms with Crippen LogP contribution in [0.2, 0.25) is 0 Å². The van der Waals surface area contributed by atoms with Crippen molar-refractivity contribution in [2.24, 2.45) is 0 Å². The second kappa shape index (κ2) is 11.2. The van der Waals surface area contributed by atoms with Crippen LogP contribution < -0.4 is 14.4 Å². The molecule has 37 heavy (non-hydrogen) atoms. The van der Waals surface area contributed by atoms with E-state index in [1.807, 2.05) is 78.9 Å².